The van der Waals surface area contributed by atoms with Gasteiger partial charge in [-0.25, -0.2) is 4.79 Å². The zero-order chi connectivity index (χ0) is 13.8. The molecule has 0 atom stereocenters. The van der Waals surface area contributed by atoms with Crippen molar-refractivity contribution in [1.29, 1.82) is 0 Å². The Balaban J connectivity index is 2.28. The van der Waals surface area contributed by atoms with Crippen LogP contribution in [0.5, 0.6) is 0 Å². The predicted molar refractivity (Wildman–Crippen MR) is 74.8 cm³/mol. The van der Waals surface area contributed by atoms with Gasteiger partial charge in [0.1, 0.15) is 0 Å². The highest BCUT2D eigenvalue weighted by Gasteiger charge is 2.14. The molecular weight excluding hydrogens is 264 g/mol. The zero-order valence-corrected chi connectivity index (χ0v) is 11.1. The van der Waals surface area contributed by atoms with E-state index in [4.69, 9.17) is 16.7 Å². The molecule has 0 radical (unpaired) electrons. The van der Waals surface area contributed by atoms with Crippen LogP contribution in [0.3, 0.4) is 0 Å². The first-order valence-electron chi connectivity index (χ1n) is 5.71. The Bertz CT molecular complexity index is 602. The molecule has 19 heavy (non-hydrogen) atoms. The van der Waals surface area contributed by atoms with Gasteiger partial charge in [0.2, 0.25) is 0 Å². The number of carboxylic acid groups (broad SMARTS) is 1. The first kappa shape index (κ1) is 13.4. The lowest BCUT2D eigenvalue weighted by atomic mass is 10.1. The summed E-state index contributed by atoms with van der Waals surface area (Å²) in [6.45, 7) is 0.519. The van der Waals surface area contributed by atoms with E-state index < -0.39 is 5.97 Å². The summed E-state index contributed by atoms with van der Waals surface area (Å²) in [5.74, 6) is -0.969. The van der Waals surface area contributed by atoms with Gasteiger partial charge in [-0.15, -0.1) is 0 Å². The topological polar surface area (TPSA) is 53.4 Å². The molecule has 1 aromatic heterocycles. The Kier molecular flexibility index (Phi) is 4.02. The quantitative estimate of drug-likeness (QED) is 0.932. The molecule has 2 rings (SSSR count). The molecular formula is C14H13ClN2O2. The van der Waals surface area contributed by atoms with Gasteiger partial charge in [0.25, 0.3) is 0 Å². The van der Waals surface area contributed by atoms with Crippen molar-refractivity contribution < 1.29 is 9.90 Å². The molecule has 98 valence electrons. The summed E-state index contributed by atoms with van der Waals surface area (Å²) in [5, 5.41) is 9.82. The second-order valence-electron chi connectivity index (χ2n) is 4.15. The first-order chi connectivity index (χ1) is 9.09. The maximum atomic E-state index is 11.2. The minimum absolute atomic E-state index is 0.226. The molecule has 0 bridgehead atoms. The minimum Gasteiger partial charge on any atom is -0.478 e. The lowest BCUT2D eigenvalue weighted by molar-refractivity contribution is 0.0697. The van der Waals surface area contributed by atoms with Crippen molar-refractivity contribution in [2.45, 2.75) is 6.54 Å². The Hall–Kier alpha value is -2.07. The Morgan fingerprint density at radius 2 is 2.11 bits per heavy atom. The number of hydrogen-bond donors (Lipinski definition) is 1. The number of aromatic nitrogens is 1. The van der Waals surface area contributed by atoms with Crippen LogP contribution in [0.2, 0.25) is 5.02 Å². The maximum Gasteiger partial charge on any atom is 0.337 e. The molecule has 1 N–H and O–H groups in total. The summed E-state index contributed by atoms with van der Waals surface area (Å²) < 4.78 is 0. The first-order valence-corrected chi connectivity index (χ1v) is 6.09. The Labute approximate surface area is 116 Å². The third-order valence-corrected chi connectivity index (χ3v) is 3.18. The van der Waals surface area contributed by atoms with Gasteiger partial charge < -0.3 is 10.0 Å². The van der Waals surface area contributed by atoms with Crippen molar-refractivity contribution in [2.24, 2.45) is 0 Å². The van der Waals surface area contributed by atoms with E-state index in [1.54, 1.807) is 6.20 Å². The lowest BCUT2D eigenvalue weighted by Crippen LogP contribution is -2.19. The van der Waals surface area contributed by atoms with Crippen molar-refractivity contribution in [3.8, 4) is 0 Å². The van der Waals surface area contributed by atoms with Crippen LogP contribution in [0.1, 0.15) is 15.9 Å². The number of rotatable bonds is 4. The molecule has 1 heterocycles. The van der Waals surface area contributed by atoms with E-state index in [0.717, 1.165) is 5.56 Å². The average Bonchev–Trinajstić information content (AvgIpc) is 2.41. The van der Waals surface area contributed by atoms with Gasteiger partial charge in [-0.2, -0.15) is 0 Å². The van der Waals surface area contributed by atoms with Gasteiger partial charge in [-0.05, 0) is 17.7 Å². The van der Waals surface area contributed by atoms with Crippen LogP contribution in [0.4, 0.5) is 5.69 Å². The van der Waals surface area contributed by atoms with Crippen LogP contribution in [-0.2, 0) is 6.54 Å². The highest BCUT2D eigenvalue weighted by molar-refractivity contribution is 6.31. The van der Waals surface area contributed by atoms with Crippen molar-refractivity contribution >= 4 is 23.3 Å². The van der Waals surface area contributed by atoms with Crippen molar-refractivity contribution in [3.63, 3.8) is 0 Å². The van der Waals surface area contributed by atoms with Crippen LogP contribution >= 0.6 is 11.6 Å². The normalized spacial score (nSPS) is 10.2. The van der Waals surface area contributed by atoms with Gasteiger partial charge in [0.05, 0.1) is 17.4 Å². The molecule has 0 spiro atoms. The van der Waals surface area contributed by atoms with Crippen LogP contribution < -0.4 is 4.90 Å². The number of halogens is 1. The number of aromatic carboxylic acids is 1. The summed E-state index contributed by atoms with van der Waals surface area (Å²) in [6.07, 6.45) is 3.01. The van der Waals surface area contributed by atoms with Crippen molar-refractivity contribution in [1.82, 2.24) is 4.98 Å². The number of anilines is 1. The highest BCUT2D eigenvalue weighted by Crippen LogP contribution is 2.22. The number of benzene rings is 1. The third kappa shape index (κ3) is 3.03. The van der Waals surface area contributed by atoms with E-state index in [0.29, 0.717) is 17.3 Å². The summed E-state index contributed by atoms with van der Waals surface area (Å²) in [5.41, 5.74) is 1.73. The third-order valence-electron chi connectivity index (χ3n) is 2.81. The number of hydrogen-bond acceptors (Lipinski definition) is 3. The molecule has 0 aliphatic carbocycles. The van der Waals surface area contributed by atoms with Crippen molar-refractivity contribution in [2.75, 3.05) is 11.9 Å². The molecule has 0 saturated carbocycles. The summed E-state index contributed by atoms with van der Waals surface area (Å²) in [7, 11) is 1.81. The van der Waals surface area contributed by atoms with E-state index in [-0.39, 0.29) is 5.56 Å². The van der Waals surface area contributed by atoms with Gasteiger partial charge in [0, 0.05) is 24.8 Å². The fraction of sp³-hybridized carbons (Fsp3) is 0.143. The second-order valence-corrected chi connectivity index (χ2v) is 4.55. The van der Waals surface area contributed by atoms with E-state index in [2.05, 4.69) is 4.98 Å². The van der Waals surface area contributed by atoms with Gasteiger partial charge in [-0.1, -0.05) is 29.8 Å². The SMILES string of the molecule is CN(Cc1ccccc1Cl)c1cnccc1C(=O)O. The van der Waals surface area contributed by atoms with Gasteiger partial charge in [0.15, 0.2) is 0 Å². The molecule has 2 aromatic rings. The molecule has 5 heteroatoms. The monoisotopic (exact) mass is 276 g/mol. The number of carbonyl (C=O) groups is 1. The standard InChI is InChI=1S/C14H13ClN2O2/c1-17(9-10-4-2-3-5-12(10)15)13-8-16-7-6-11(13)14(18)19/h2-8H,9H2,1H3,(H,18,19). The molecule has 0 saturated heterocycles. The molecule has 0 unspecified atom stereocenters. The van der Waals surface area contributed by atoms with Crippen LogP contribution in [0.25, 0.3) is 0 Å². The van der Waals surface area contributed by atoms with Gasteiger partial charge >= 0.3 is 5.97 Å². The second kappa shape index (κ2) is 5.71. The Morgan fingerprint density at radius 3 is 2.79 bits per heavy atom. The smallest absolute Gasteiger partial charge is 0.337 e. The average molecular weight is 277 g/mol. The lowest BCUT2D eigenvalue weighted by Gasteiger charge is -2.21. The summed E-state index contributed by atoms with van der Waals surface area (Å²) in [6, 6.07) is 8.97. The van der Waals surface area contributed by atoms with Crippen molar-refractivity contribution in [3.05, 3.63) is 58.9 Å². The van der Waals surface area contributed by atoms with E-state index in [1.807, 2.05) is 36.2 Å². The molecule has 4 nitrogen and oxygen atoms in total. The molecule has 0 aliphatic rings. The number of nitrogens with zero attached hydrogens (tertiary/aromatic N) is 2. The fourth-order valence-corrected chi connectivity index (χ4v) is 2.03. The number of carboxylic acids is 1. The van der Waals surface area contributed by atoms with E-state index in [9.17, 15) is 4.79 Å². The molecule has 0 amide bonds. The minimum atomic E-state index is -0.969. The predicted octanol–water partition coefficient (Wildman–Crippen LogP) is 3.07. The van der Waals surface area contributed by atoms with Crippen LogP contribution in [-0.4, -0.2) is 23.1 Å². The summed E-state index contributed by atoms with van der Waals surface area (Å²) in [4.78, 5) is 17.0. The van der Waals surface area contributed by atoms with E-state index >= 15 is 0 Å². The maximum absolute atomic E-state index is 11.2. The largest absolute Gasteiger partial charge is 0.478 e. The fourth-order valence-electron chi connectivity index (χ4n) is 1.84. The summed E-state index contributed by atoms with van der Waals surface area (Å²) >= 11 is 6.10. The number of pyridine rings is 1. The molecule has 0 fully saturated rings. The molecule has 0 aliphatic heterocycles. The zero-order valence-electron chi connectivity index (χ0n) is 10.4. The molecule has 1 aromatic carbocycles. The highest BCUT2D eigenvalue weighted by atomic mass is 35.5. The van der Waals surface area contributed by atoms with Crippen LogP contribution in [0.15, 0.2) is 42.7 Å². The van der Waals surface area contributed by atoms with Crippen LogP contribution in [0, 0.1) is 0 Å². The van der Waals surface area contributed by atoms with Gasteiger partial charge in [-0.3, -0.25) is 4.98 Å². The van der Waals surface area contributed by atoms with E-state index in [1.165, 1.54) is 12.3 Å². The Morgan fingerprint density at radius 1 is 1.37 bits per heavy atom.